The number of hydrogen-bond acceptors (Lipinski definition) is 4. The van der Waals surface area contributed by atoms with Crippen molar-refractivity contribution >= 4 is 33.2 Å². The number of nitro groups is 1. The Kier molecular flexibility index (Phi) is 5.28. The molecule has 0 atom stereocenters. The van der Waals surface area contributed by atoms with E-state index in [9.17, 15) is 14.9 Å². The molecular weight excluding hydrogens is 400 g/mol. The Hall–Kier alpha value is -3.19. The van der Waals surface area contributed by atoms with Gasteiger partial charge < -0.3 is 10.1 Å². The molecule has 0 radical (unpaired) electrons. The van der Waals surface area contributed by atoms with E-state index in [0.717, 1.165) is 4.47 Å². The average Bonchev–Trinajstić information content (AvgIpc) is 2.65. The van der Waals surface area contributed by atoms with Crippen LogP contribution in [0.2, 0.25) is 0 Å². The number of carbonyl (C=O) groups excluding carboxylic acids is 1. The van der Waals surface area contributed by atoms with Crippen molar-refractivity contribution in [3.05, 3.63) is 92.9 Å². The second-order valence-electron chi connectivity index (χ2n) is 5.34. The summed E-state index contributed by atoms with van der Waals surface area (Å²) in [4.78, 5) is 22.3. The molecule has 0 unspecified atom stereocenters. The molecule has 0 aliphatic rings. The van der Waals surface area contributed by atoms with Crippen LogP contribution in [0.5, 0.6) is 11.5 Å². The van der Waals surface area contributed by atoms with Crippen molar-refractivity contribution in [3.63, 3.8) is 0 Å². The lowest BCUT2D eigenvalue weighted by atomic mass is 10.2. The van der Waals surface area contributed by atoms with Crippen molar-refractivity contribution in [3.8, 4) is 11.5 Å². The second kappa shape index (κ2) is 7.79. The first-order valence-corrected chi connectivity index (χ1v) is 8.40. The summed E-state index contributed by atoms with van der Waals surface area (Å²) in [6.07, 6.45) is 0. The van der Waals surface area contributed by atoms with Gasteiger partial charge in [0, 0.05) is 27.9 Å². The van der Waals surface area contributed by atoms with Gasteiger partial charge in [-0.1, -0.05) is 15.9 Å². The van der Waals surface area contributed by atoms with E-state index in [1.165, 1.54) is 24.3 Å². The minimum absolute atomic E-state index is 0.0593. The maximum Gasteiger partial charge on any atom is 0.269 e. The molecule has 0 saturated heterocycles. The van der Waals surface area contributed by atoms with Crippen LogP contribution in [0.15, 0.2) is 77.3 Å². The van der Waals surface area contributed by atoms with Crippen molar-refractivity contribution < 1.29 is 14.5 Å². The molecule has 1 N–H and O–H groups in total. The average molecular weight is 413 g/mol. The summed E-state index contributed by atoms with van der Waals surface area (Å²) in [6.45, 7) is 0. The molecule has 3 aromatic carbocycles. The van der Waals surface area contributed by atoms with Gasteiger partial charge in [-0.3, -0.25) is 14.9 Å². The molecule has 6 nitrogen and oxygen atoms in total. The molecule has 3 aromatic rings. The van der Waals surface area contributed by atoms with Gasteiger partial charge in [-0.2, -0.15) is 0 Å². The monoisotopic (exact) mass is 412 g/mol. The minimum Gasteiger partial charge on any atom is -0.457 e. The summed E-state index contributed by atoms with van der Waals surface area (Å²) in [6, 6.07) is 19.8. The largest absolute Gasteiger partial charge is 0.457 e. The molecule has 26 heavy (non-hydrogen) atoms. The van der Waals surface area contributed by atoms with Gasteiger partial charge in [-0.15, -0.1) is 0 Å². The number of halogens is 1. The first-order chi connectivity index (χ1) is 12.5. The van der Waals surface area contributed by atoms with Crippen molar-refractivity contribution in [1.29, 1.82) is 0 Å². The molecule has 0 aliphatic heterocycles. The summed E-state index contributed by atoms with van der Waals surface area (Å²) in [5.74, 6) is 0.998. The number of carbonyl (C=O) groups is 1. The minimum atomic E-state index is -0.508. The molecule has 0 saturated carbocycles. The zero-order chi connectivity index (χ0) is 18.5. The quantitative estimate of drug-likeness (QED) is 0.449. The summed E-state index contributed by atoms with van der Waals surface area (Å²) in [7, 11) is 0. The normalized spacial score (nSPS) is 10.2. The van der Waals surface area contributed by atoms with Crippen LogP contribution in [0.1, 0.15) is 10.4 Å². The van der Waals surface area contributed by atoms with Gasteiger partial charge in [-0.05, 0) is 60.7 Å². The first-order valence-electron chi connectivity index (χ1n) is 7.60. The number of rotatable bonds is 5. The molecule has 0 spiro atoms. The van der Waals surface area contributed by atoms with Gasteiger partial charge in [0.25, 0.3) is 11.6 Å². The third-order valence-corrected chi connectivity index (χ3v) is 4.03. The highest BCUT2D eigenvalue weighted by Gasteiger charge is 2.10. The molecule has 130 valence electrons. The second-order valence-corrected chi connectivity index (χ2v) is 6.25. The van der Waals surface area contributed by atoms with Crippen LogP contribution in [0.3, 0.4) is 0 Å². The van der Waals surface area contributed by atoms with Gasteiger partial charge in [0.1, 0.15) is 11.5 Å². The Labute approximate surface area is 157 Å². The van der Waals surface area contributed by atoms with Gasteiger partial charge in [0.2, 0.25) is 0 Å². The molecule has 7 heteroatoms. The van der Waals surface area contributed by atoms with E-state index in [-0.39, 0.29) is 11.6 Å². The summed E-state index contributed by atoms with van der Waals surface area (Å²) in [5.41, 5.74) is 0.873. The summed E-state index contributed by atoms with van der Waals surface area (Å²) >= 11 is 3.36. The number of nitrogens with one attached hydrogen (secondary N) is 1. The van der Waals surface area contributed by atoms with E-state index in [0.29, 0.717) is 22.7 Å². The maximum absolute atomic E-state index is 12.2. The smallest absolute Gasteiger partial charge is 0.269 e. The Morgan fingerprint density at radius 2 is 1.42 bits per heavy atom. The van der Waals surface area contributed by atoms with Crippen LogP contribution < -0.4 is 10.1 Å². The Morgan fingerprint density at radius 3 is 1.96 bits per heavy atom. The van der Waals surface area contributed by atoms with Crippen LogP contribution in [-0.2, 0) is 0 Å². The summed E-state index contributed by atoms with van der Waals surface area (Å²) in [5, 5.41) is 13.4. The SMILES string of the molecule is O=C(Nc1ccc(Oc2ccc(Br)cc2)cc1)c1ccc([N+](=O)[O-])cc1. The number of nitro benzene ring substituents is 1. The number of anilines is 1. The lowest BCUT2D eigenvalue weighted by Crippen LogP contribution is -2.11. The van der Waals surface area contributed by atoms with E-state index in [4.69, 9.17) is 4.74 Å². The lowest BCUT2D eigenvalue weighted by molar-refractivity contribution is -0.384. The van der Waals surface area contributed by atoms with E-state index in [1.807, 2.05) is 24.3 Å². The fraction of sp³-hybridized carbons (Fsp3) is 0. The Morgan fingerprint density at radius 1 is 0.885 bits per heavy atom. The van der Waals surface area contributed by atoms with Crippen molar-refractivity contribution in [2.45, 2.75) is 0 Å². The van der Waals surface area contributed by atoms with Crippen LogP contribution in [-0.4, -0.2) is 10.8 Å². The number of non-ortho nitro benzene ring substituents is 1. The highest BCUT2D eigenvalue weighted by Crippen LogP contribution is 2.24. The predicted molar refractivity (Wildman–Crippen MR) is 102 cm³/mol. The van der Waals surface area contributed by atoms with Gasteiger partial charge in [0.15, 0.2) is 0 Å². The molecule has 3 rings (SSSR count). The fourth-order valence-corrected chi connectivity index (χ4v) is 2.45. The number of ether oxygens (including phenoxy) is 1. The van der Waals surface area contributed by atoms with Crippen molar-refractivity contribution in [2.75, 3.05) is 5.32 Å². The molecule has 0 aromatic heterocycles. The first kappa shape index (κ1) is 17.6. The van der Waals surface area contributed by atoms with E-state index in [2.05, 4.69) is 21.2 Å². The zero-order valence-corrected chi connectivity index (χ0v) is 15.0. The van der Waals surface area contributed by atoms with Gasteiger partial charge >= 0.3 is 0 Å². The third-order valence-electron chi connectivity index (χ3n) is 3.50. The Balaban J connectivity index is 1.64. The number of hydrogen-bond donors (Lipinski definition) is 1. The highest BCUT2D eigenvalue weighted by atomic mass is 79.9. The predicted octanol–water partition coefficient (Wildman–Crippen LogP) is 5.40. The van der Waals surface area contributed by atoms with Crippen LogP contribution >= 0.6 is 15.9 Å². The topological polar surface area (TPSA) is 81.5 Å². The highest BCUT2D eigenvalue weighted by molar-refractivity contribution is 9.10. The van der Waals surface area contributed by atoms with Gasteiger partial charge in [-0.25, -0.2) is 0 Å². The molecule has 0 fully saturated rings. The maximum atomic E-state index is 12.2. The molecule has 0 bridgehead atoms. The molecular formula is C19H13BrN2O4. The summed E-state index contributed by atoms with van der Waals surface area (Å²) < 4.78 is 6.68. The standard InChI is InChI=1S/C19H13BrN2O4/c20-14-3-9-17(10-4-14)26-18-11-5-15(6-12-18)21-19(23)13-1-7-16(8-2-13)22(24)25/h1-12H,(H,21,23). The molecule has 1 amide bonds. The lowest BCUT2D eigenvalue weighted by Gasteiger charge is -2.08. The fourth-order valence-electron chi connectivity index (χ4n) is 2.18. The van der Waals surface area contributed by atoms with Crippen LogP contribution in [0, 0.1) is 10.1 Å². The number of benzene rings is 3. The van der Waals surface area contributed by atoms with Crippen molar-refractivity contribution in [2.24, 2.45) is 0 Å². The molecule has 0 heterocycles. The van der Waals surface area contributed by atoms with E-state index < -0.39 is 4.92 Å². The third kappa shape index (κ3) is 4.46. The zero-order valence-electron chi connectivity index (χ0n) is 13.4. The van der Waals surface area contributed by atoms with Crippen LogP contribution in [0.25, 0.3) is 0 Å². The molecule has 0 aliphatic carbocycles. The Bertz CT molecular complexity index is 923. The van der Waals surface area contributed by atoms with Gasteiger partial charge in [0.05, 0.1) is 4.92 Å². The van der Waals surface area contributed by atoms with Crippen molar-refractivity contribution in [1.82, 2.24) is 0 Å². The number of nitrogens with zero attached hydrogens (tertiary/aromatic N) is 1. The van der Waals surface area contributed by atoms with Crippen LogP contribution in [0.4, 0.5) is 11.4 Å². The van der Waals surface area contributed by atoms with E-state index >= 15 is 0 Å². The van der Waals surface area contributed by atoms with E-state index in [1.54, 1.807) is 24.3 Å². The number of amides is 1.